The molecule has 1 unspecified atom stereocenters. The van der Waals surface area contributed by atoms with E-state index < -0.39 is 0 Å². The Bertz CT molecular complexity index is 238. The Hall–Kier alpha value is -0.770. The molecule has 4 heteroatoms. The quantitative estimate of drug-likeness (QED) is 0.737. The largest absolute Gasteiger partial charge is 0.330 e. The molecular weight excluding hydrogens is 190 g/mol. The highest BCUT2D eigenvalue weighted by atomic mass is 16.2. The lowest BCUT2D eigenvalue weighted by Gasteiger charge is -2.41. The van der Waals surface area contributed by atoms with Crippen molar-refractivity contribution in [2.24, 2.45) is 11.7 Å². The Morgan fingerprint density at radius 2 is 2.00 bits per heavy atom. The molecule has 15 heavy (non-hydrogen) atoms. The first-order valence-electron chi connectivity index (χ1n) is 5.94. The highest BCUT2D eigenvalue weighted by molar-refractivity contribution is 5.75. The fourth-order valence-electron chi connectivity index (χ4n) is 2.77. The highest BCUT2D eigenvalue weighted by Gasteiger charge is 2.34. The van der Waals surface area contributed by atoms with Crippen LogP contribution in [0.1, 0.15) is 25.7 Å². The molecule has 2 amide bonds. The number of amides is 2. The van der Waals surface area contributed by atoms with Gasteiger partial charge in [-0.1, -0.05) is 12.8 Å². The summed E-state index contributed by atoms with van der Waals surface area (Å²) in [5.74, 6) is 0.452. The van der Waals surface area contributed by atoms with E-state index in [4.69, 9.17) is 5.73 Å². The normalized spacial score (nSPS) is 28.9. The van der Waals surface area contributed by atoms with Crippen LogP contribution in [0.25, 0.3) is 0 Å². The lowest BCUT2D eigenvalue weighted by Crippen LogP contribution is -2.56. The lowest BCUT2D eigenvalue weighted by molar-refractivity contribution is 0.0954. The molecule has 0 radical (unpaired) electrons. The fraction of sp³-hybridized carbons (Fsp3) is 0.909. The third-order valence-corrected chi connectivity index (χ3v) is 3.66. The van der Waals surface area contributed by atoms with E-state index in [0.29, 0.717) is 18.5 Å². The molecule has 1 heterocycles. The molecule has 1 saturated carbocycles. The van der Waals surface area contributed by atoms with Crippen molar-refractivity contribution in [1.29, 1.82) is 0 Å². The van der Waals surface area contributed by atoms with Gasteiger partial charge in [0, 0.05) is 32.1 Å². The molecule has 0 spiro atoms. The minimum Gasteiger partial charge on any atom is -0.330 e. The number of carbonyl (C=O) groups excluding carboxylic acids is 1. The van der Waals surface area contributed by atoms with Crippen molar-refractivity contribution >= 4 is 6.03 Å². The van der Waals surface area contributed by atoms with Gasteiger partial charge in [0.15, 0.2) is 0 Å². The molecule has 4 nitrogen and oxygen atoms in total. The summed E-state index contributed by atoms with van der Waals surface area (Å²) >= 11 is 0. The van der Waals surface area contributed by atoms with Crippen molar-refractivity contribution in [3.05, 3.63) is 0 Å². The first-order chi connectivity index (χ1) is 7.22. The van der Waals surface area contributed by atoms with Crippen molar-refractivity contribution in [1.82, 2.24) is 9.80 Å². The molecule has 2 N–H and O–H groups in total. The molecule has 0 bridgehead atoms. The summed E-state index contributed by atoms with van der Waals surface area (Å²) in [4.78, 5) is 15.9. The monoisotopic (exact) mass is 211 g/mol. The predicted octanol–water partition coefficient (Wildman–Crippen LogP) is 0.871. The summed E-state index contributed by atoms with van der Waals surface area (Å²) in [5, 5.41) is 0. The molecular formula is C11H21N3O. The van der Waals surface area contributed by atoms with Crippen LogP contribution in [0.2, 0.25) is 0 Å². The van der Waals surface area contributed by atoms with Crippen LogP contribution in [0, 0.1) is 5.92 Å². The lowest BCUT2D eigenvalue weighted by atomic mass is 10.0. The van der Waals surface area contributed by atoms with Crippen molar-refractivity contribution in [2.75, 3.05) is 26.7 Å². The van der Waals surface area contributed by atoms with Gasteiger partial charge in [0.05, 0.1) is 0 Å². The van der Waals surface area contributed by atoms with Crippen LogP contribution < -0.4 is 5.73 Å². The van der Waals surface area contributed by atoms with E-state index in [1.165, 1.54) is 25.7 Å². The van der Waals surface area contributed by atoms with Gasteiger partial charge in [0.25, 0.3) is 0 Å². The Labute approximate surface area is 91.4 Å². The van der Waals surface area contributed by atoms with Crippen molar-refractivity contribution in [2.45, 2.75) is 31.7 Å². The zero-order chi connectivity index (χ0) is 10.8. The molecule has 2 fully saturated rings. The van der Waals surface area contributed by atoms with Crippen LogP contribution in [0.4, 0.5) is 4.79 Å². The average Bonchev–Trinajstić information content (AvgIpc) is 2.75. The van der Waals surface area contributed by atoms with E-state index in [9.17, 15) is 4.79 Å². The second-order valence-corrected chi connectivity index (χ2v) is 4.86. The first-order valence-corrected chi connectivity index (χ1v) is 5.94. The third kappa shape index (κ3) is 2.09. The van der Waals surface area contributed by atoms with Crippen LogP contribution in [0.3, 0.4) is 0 Å². The number of hydrogen-bond acceptors (Lipinski definition) is 2. The molecule has 1 aliphatic heterocycles. The van der Waals surface area contributed by atoms with Gasteiger partial charge in [0.2, 0.25) is 0 Å². The summed E-state index contributed by atoms with van der Waals surface area (Å²) in [7, 11) is 1.88. The van der Waals surface area contributed by atoms with Gasteiger partial charge in [-0.2, -0.15) is 0 Å². The van der Waals surface area contributed by atoms with Crippen molar-refractivity contribution < 1.29 is 4.79 Å². The second kappa shape index (κ2) is 4.39. The van der Waals surface area contributed by atoms with Gasteiger partial charge in [-0.15, -0.1) is 0 Å². The number of rotatable bonds is 2. The van der Waals surface area contributed by atoms with Gasteiger partial charge in [-0.05, 0) is 19.4 Å². The highest BCUT2D eigenvalue weighted by Crippen LogP contribution is 2.27. The van der Waals surface area contributed by atoms with Crippen LogP contribution in [0.15, 0.2) is 0 Å². The molecule has 0 aromatic rings. The molecule has 1 aliphatic carbocycles. The van der Waals surface area contributed by atoms with E-state index in [0.717, 1.165) is 13.1 Å². The van der Waals surface area contributed by atoms with Crippen molar-refractivity contribution in [3.63, 3.8) is 0 Å². The van der Waals surface area contributed by atoms with Gasteiger partial charge in [-0.25, -0.2) is 4.79 Å². The zero-order valence-electron chi connectivity index (χ0n) is 9.48. The Balaban J connectivity index is 2.03. The van der Waals surface area contributed by atoms with Crippen LogP contribution in [0.5, 0.6) is 0 Å². The molecule has 0 aromatic heterocycles. The maximum Gasteiger partial charge on any atom is 0.320 e. The predicted molar refractivity (Wildman–Crippen MR) is 59.5 cm³/mol. The minimum atomic E-state index is 0.201. The van der Waals surface area contributed by atoms with Crippen LogP contribution in [-0.2, 0) is 0 Å². The van der Waals surface area contributed by atoms with Crippen LogP contribution in [-0.4, -0.2) is 48.6 Å². The van der Waals surface area contributed by atoms with Gasteiger partial charge < -0.3 is 15.5 Å². The molecule has 1 saturated heterocycles. The summed E-state index contributed by atoms with van der Waals surface area (Å²) in [6.45, 7) is 2.36. The Kier molecular flexibility index (Phi) is 3.14. The summed E-state index contributed by atoms with van der Waals surface area (Å²) < 4.78 is 0. The summed E-state index contributed by atoms with van der Waals surface area (Å²) in [6.07, 6.45) is 4.89. The van der Waals surface area contributed by atoms with E-state index in [1.54, 1.807) is 0 Å². The molecule has 2 aliphatic rings. The van der Waals surface area contributed by atoms with E-state index in [2.05, 4.69) is 0 Å². The van der Waals surface area contributed by atoms with Crippen LogP contribution >= 0.6 is 0 Å². The maximum absolute atomic E-state index is 12.0. The van der Waals surface area contributed by atoms with Gasteiger partial charge in [-0.3, -0.25) is 0 Å². The van der Waals surface area contributed by atoms with E-state index in [1.807, 2.05) is 16.8 Å². The smallest absolute Gasteiger partial charge is 0.320 e. The second-order valence-electron chi connectivity index (χ2n) is 4.86. The zero-order valence-corrected chi connectivity index (χ0v) is 9.48. The average molecular weight is 211 g/mol. The standard InChI is InChI=1S/C11H21N3O/c1-13-7-9(6-12)8-14(11(13)15)10-4-2-3-5-10/h9-10H,2-8,12H2,1H3. The van der Waals surface area contributed by atoms with Gasteiger partial charge >= 0.3 is 6.03 Å². The summed E-state index contributed by atoms with van der Waals surface area (Å²) in [6, 6.07) is 0.681. The number of hydrogen-bond donors (Lipinski definition) is 1. The minimum absolute atomic E-state index is 0.201. The third-order valence-electron chi connectivity index (χ3n) is 3.66. The van der Waals surface area contributed by atoms with Crippen molar-refractivity contribution in [3.8, 4) is 0 Å². The van der Waals surface area contributed by atoms with E-state index in [-0.39, 0.29) is 6.03 Å². The maximum atomic E-state index is 12.0. The number of nitrogens with zero attached hydrogens (tertiary/aromatic N) is 2. The number of urea groups is 1. The topological polar surface area (TPSA) is 49.6 Å². The first kappa shape index (κ1) is 10.7. The molecule has 0 aromatic carbocycles. The SMILES string of the molecule is CN1CC(CN)CN(C2CCCC2)C1=O. The number of carbonyl (C=O) groups is 1. The Morgan fingerprint density at radius 3 is 2.60 bits per heavy atom. The summed E-state index contributed by atoms with van der Waals surface area (Å²) in [5.41, 5.74) is 5.71. The fourth-order valence-corrected chi connectivity index (χ4v) is 2.77. The molecule has 1 atom stereocenters. The van der Waals surface area contributed by atoms with Gasteiger partial charge in [0.1, 0.15) is 0 Å². The van der Waals surface area contributed by atoms with E-state index >= 15 is 0 Å². The molecule has 86 valence electrons. The Morgan fingerprint density at radius 1 is 1.33 bits per heavy atom. The molecule has 2 rings (SSSR count). The number of nitrogens with two attached hydrogens (primary N) is 1.